The molecule has 2 atom stereocenters. The van der Waals surface area contributed by atoms with E-state index in [0.717, 1.165) is 12.1 Å². The maximum absolute atomic E-state index is 12.4. The minimum Gasteiger partial charge on any atom is -0.481 e. The molecule has 0 radical (unpaired) electrons. The van der Waals surface area contributed by atoms with Crippen molar-refractivity contribution in [2.75, 3.05) is 0 Å². The minimum absolute atomic E-state index is 0.0493. The summed E-state index contributed by atoms with van der Waals surface area (Å²) in [6, 6.07) is 4.42. The van der Waals surface area contributed by atoms with E-state index in [4.69, 9.17) is 5.11 Å². The topological polar surface area (TPSA) is 66.4 Å². The summed E-state index contributed by atoms with van der Waals surface area (Å²) < 4.78 is 37.1. The zero-order valence-electron chi connectivity index (χ0n) is 11.6. The van der Waals surface area contributed by atoms with Gasteiger partial charge in [-0.25, -0.2) is 0 Å². The van der Waals surface area contributed by atoms with Crippen molar-refractivity contribution in [1.82, 2.24) is 5.32 Å². The third-order valence-corrected chi connectivity index (χ3v) is 3.30. The molecule has 2 unspecified atom stereocenters. The lowest BCUT2D eigenvalue weighted by atomic mass is 9.95. The zero-order valence-corrected chi connectivity index (χ0v) is 11.6. The van der Waals surface area contributed by atoms with E-state index in [-0.39, 0.29) is 6.54 Å². The van der Waals surface area contributed by atoms with E-state index >= 15 is 0 Å². The van der Waals surface area contributed by atoms with Crippen molar-refractivity contribution in [1.29, 1.82) is 0 Å². The number of benzene rings is 1. The molecule has 0 spiro atoms. The summed E-state index contributed by atoms with van der Waals surface area (Å²) in [5, 5.41) is 11.3. The van der Waals surface area contributed by atoms with Crippen molar-refractivity contribution in [2.24, 2.45) is 11.8 Å². The van der Waals surface area contributed by atoms with Crippen LogP contribution in [0.5, 0.6) is 0 Å². The largest absolute Gasteiger partial charge is 0.481 e. The summed E-state index contributed by atoms with van der Waals surface area (Å²) in [7, 11) is 0. The Hall–Kier alpha value is -2.05. The third kappa shape index (κ3) is 4.77. The number of carboxylic acids is 1. The van der Waals surface area contributed by atoms with Crippen molar-refractivity contribution in [2.45, 2.75) is 26.6 Å². The number of aliphatic carboxylic acids is 1. The summed E-state index contributed by atoms with van der Waals surface area (Å²) in [5.41, 5.74) is -0.253. The number of hydrogen-bond acceptors (Lipinski definition) is 2. The fourth-order valence-electron chi connectivity index (χ4n) is 1.60. The molecule has 1 aromatic rings. The summed E-state index contributed by atoms with van der Waals surface area (Å²) >= 11 is 0. The summed E-state index contributed by atoms with van der Waals surface area (Å²) in [4.78, 5) is 22.5. The highest BCUT2D eigenvalue weighted by molar-refractivity contribution is 5.84. The van der Waals surface area contributed by atoms with Gasteiger partial charge in [0.2, 0.25) is 5.91 Å². The molecule has 0 aliphatic rings. The van der Waals surface area contributed by atoms with Crippen LogP contribution < -0.4 is 5.32 Å². The van der Waals surface area contributed by atoms with Crippen LogP contribution in [0.3, 0.4) is 0 Å². The predicted molar refractivity (Wildman–Crippen MR) is 69.3 cm³/mol. The molecule has 0 saturated heterocycles. The van der Waals surface area contributed by atoms with Gasteiger partial charge in [-0.2, -0.15) is 13.2 Å². The third-order valence-electron chi connectivity index (χ3n) is 3.30. The van der Waals surface area contributed by atoms with Crippen LogP contribution in [0.25, 0.3) is 0 Å². The van der Waals surface area contributed by atoms with Crippen LogP contribution >= 0.6 is 0 Å². The molecule has 1 amide bonds. The van der Waals surface area contributed by atoms with E-state index in [1.807, 2.05) is 0 Å². The monoisotopic (exact) mass is 303 g/mol. The SMILES string of the molecule is CC(C(=O)O)C(C)C(=O)NCc1ccc(C(F)(F)F)cc1. The molecule has 4 nitrogen and oxygen atoms in total. The van der Waals surface area contributed by atoms with Crippen molar-refractivity contribution in [3.63, 3.8) is 0 Å². The smallest absolute Gasteiger partial charge is 0.416 e. The first-order valence-electron chi connectivity index (χ1n) is 6.29. The molecule has 21 heavy (non-hydrogen) atoms. The van der Waals surface area contributed by atoms with Crippen LogP contribution in [-0.2, 0) is 22.3 Å². The van der Waals surface area contributed by atoms with Gasteiger partial charge in [-0.1, -0.05) is 26.0 Å². The van der Waals surface area contributed by atoms with Crippen LogP contribution in [0.15, 0.2) is 24.3 Å². The zero-order chi connectivity index (χ0) is 16.2. The Labute approximate surface area is 120 Å². The first kappa shape index (κ1) is 17.0. The van der Waals surface area contributed by atoms with Crippen molar-refractivity contribution < 1.29 is 27.9 Å². The average Bonchev–Trinajstić information content (AvgIpc) is 2.42. The lowest BCUT2D eigenvalue weighted by Gasteiger charge is -2.16. The van der Waals surface area contributed by atoms with Crippen molar-refractivity contribution in [3.05, 3.63) is 35.4 Å². The van der Waals surface area contributed by atoms with Crippen LogP contribution in [0.2, 0.25) is 0 Å². The molecular formula is C14H16F3NO3. The molecule has 0 aromatic heterocycles. The van der Waals surface area contributed by atoms with Gasteiger partial charge in [0, 0.05) is 12.5 Å². The molecular weight excluding hydrogens is 287 g/mol. The fourth-order valence-corrected chi connectivity index (χ4v) is 1.60. The summed E-state index contributed by atoms with van der Waals surface area (Å²) in [6.45, 7) is 2.96. The number of nitrogens with one attached hydrogen (secondary N) is 1. The van der Waals surface area contributed by atoms with Gasteiger partial charge in [-0.3, -0.25) is 9.59 Å². The van der Waals surface area contributed by atoms with Gasteiger partial charge in [-0.05, 0) is 17.7 Å². The van der Waals surface area contributed by atoms with Gasteiger partial charge in [0.15, 0.2) is 0 Å². The van der Waals surface area contributed by atoms with Crippen LogP contribution in [0.4, 0.5) is 13.2 Å². The lowest BCUT2D eigenvalue weighted by Crippen LogP contribution is -2.34. The average molecular weight is 303 g/mol. The van der Waals surface area contributed by atoms with Gasteiger partial charge < -0.3 is 10.4 Å². The normalized spacial score (nSPS) is 14.3. The van der Waals surface area contributed by atoms with E-state index in [0.29, 0.717) is 5.56 Å². The van der Waals surface area contributed by atoms with Gasteiger partial charge in [0.1, 0.15) is 0 Å². The number of alkyl halides is 3. The Morgan fingerprint density at radius 1 is 1.14 bits per heavy atom. The standard InChI is InChI=1S/C14H16F3NO3/c1-8(9(2)13(20)21)12(19)18-7-10-3-5-11(6-4-10)14(15,16)17/h3-6,8-9H,7H2,1-2H3,(H,18,19)(H,20,21). The van der Waals surface area contributed by atoms with E-state index in [2.05, 4.69) is 5.32 Å². The highest BCUT2D eigenvalue weighted by Crippen LogP contribution is 2.29. The molecule has 1 rings (SSSR count). The number of rotatable bonds is 5. The first-order valence-corrected chi connectivity index (χ1v) is 6.29. The molecule has 0 heterocycles. The maximum atomic E-state index is 12.4. The van der Waals surface area contributed by atoms with E-state index in [9.17, 15) is 22.8 Å². The van der Waals surface area contributed by atoms with Crippen molar-refractivity contribution in [3.8, 4) is 0 Å². The van der Waals surface area contributed by atoms with Gasteiger partial charge in [0.25, 0.3) is 0 Å². The number of carbonyl (C=O) groups excluding carboxylic acids is 1. The Morgan fingerprint density at radius 2 is 1.67 bits per heavy atom. The molecule has 1 aromatic carbocycles. The highest BCUT2D eigenvalue weighted by Gasteiger charge is 2.30. The molecule has 2 N–H and O–H groups in total. The molecule has 7 heteroatoms. The molecule has 0 saturated carbocycles. The second-order valence-corrected chi connectivity index (χ2v) is 4.83. The molecule has 0 aliphatic heterocycles. The van der Waals surface area contributed by atoms with Crippen molar-refractivity contribution >= 4 is 11.9 Å². The quantitative estimate of drug-likeness (QED) is 0.879. The van der Waals surface area contributed by atoms with E-state index in [1.54, 1.807) is 0 Å². The molecule has 0 aliphatic carbocycles. The van der Waals surface area contributed by atoms with Gasteiger partial charge in [0.05, 0.1) is 11.5 Å². The van der Waals surface area contributed by atoms with E-state index in [1.165, 1.54) is 26.0 Å². The van der Waals surface area contributed by atoms with E-state index < -0.39 is 35.5 Å². The highest BCUT2D eigenvalue weighted by atomic mass is 19.4. The summed E-state index contributed by atoms with van der Waals surface area (Å²) in [5.74, 6) is -3.09. The second kappa shape index (κ2) is 6.60. The van der Waals surface area contributed by atoms with Crippen LogP contribution in [0, 0.1) is 11.8 Å². The molecule has 0 fully saturated rings. The number of amides is 1. The Morgan fingerprint density at radius 3 is 2.10 bits per heavy atom. The van der Waals surface area contributed by atoms with Crippen LogP contribution in [0.1, 0.15) is 25.0 Å². The fraction of sp³-hybridized carbons (Fsp3) is 0.429. The Balaban J connectivity index is 2.59. The minimum atomic E-state index is -4.40. The Bertz CT molecular complexity index is 511. The summed E-state index contributed by atoms with van der Waals surface area (Å²) in [6.07, 6.45) is -4.40. The number of carboxylic acid groups (broad SMARTS) is 1. The van der Waals surface area contributed by atoms with Gasteiger partial charge >= 0.3 is 12.1 Å². The van der Waals surface area contributed by atoms with Crippen LogP contribution in [-0.4, -0.2) is 17.0 Å². The van der Waals surface area contributed by atoms with Gasteiger partial charge in [-0.15, -0.1) is 0 Å². The predicted octanol–water partition coefficient (Wildman–Crippen LogP) is 2.68. The Kier molecular flexibility index (Phi) is 5.34. The number of halogens is 3. The number of carbonyl (C=O) groups is 2. The molecule has 116 valence electrons. The number of hydrogen-bond donors (Lipinski definition) is 2. The lowest BCUT2D eigenvalue weighted by molar-refractivity contribution is -0.146. The second-order valence-electron chi connectivity index (χ2n) is 4.83. The first-order chi connectivity index (χ1) is 9.62. The molecule has 0 bridgehead atoms. The maximum Gasteiger partial charge on any atom is 0.416 e.